The average molecular weight is 223 g/mol. The Morgan fingerprint density at radius 1 is 1.50 bits per heavy atom. The first-order valence-corrected chi connectivity index (χ1v) is 5.29. The smallest absolute Gasteiger partial charge is 0.347 e. The number of esters is 1. The van der Waals surface area contributed by atoms with Crippen molar-refractivity contribution in [3.8, 4) is 5.75 Å². The molecule has 0 fully saturated rings. The highest BCUT2D eigenvalue weighted by atomic mass is 16.5. The third-order valence-corrected chi connectivity index (χ3v) is 2.71. The van der Waals surface area contributed by atoms with Gasteiger partial charge in [-0.15, -0.1) is 0 Å². The number of nitrogens with one attached hydrogen (secondary N) is 1. The Morgan fingerprint density at radius 3 is 2.94 bits per heavy atom. The van der Waals surface area contributed by atoms with E-state index in [1.807, 2.05) is 0 Å². The van der Waals surface area contributed by atoms with Gasteiger partial charge in [0.25, 0.3) is 5.56 Å². The minimum absolute atomic E-state index is 0.175. The summed E-state index contributed by atoms with van der Waals surface area (Å²) in [5, 5.41) is 9.87. The number of hydrogen-bond acceptors (Lipinski definition) is 4. The van der Waals surface area contributed by atoms with E-state index in [4.69, 9.17) is 4.74 Å². The molecule has 0 bridgehead atoms. The highest BCUT2D eigenvalue weighted by Gasteiger charge is 2.25. The molecule has 1 aliphatic carbocycles. The largest absolute Gasteiger partial charge is 0.506 e. The summed E-state index contributed by atoms with van der Waals surface area (Å²) >= 11 is 0. The number of carbonyl (C=O) groups excluding carboxylic acids is 1. The summed E-state index contributed by atoms with van der Waals surface area (Å²) in [4.78, 5) is 25.7. The molecule has 0 aromatic carbocycles. The Bertz CT molecular complexity index is 489. The Labute approximate surface area is 92.1 Å². The predicted octanol–water partition coefficient (Wildman–Crippen LogP) is 0.746. The van der Waals surface area contributed by atoms with Crippen LogP contribution in [0.4, 0.5) is 0 Å². The van der Waals surface area contributed by atoms with Crippen molar-refractivity contribution in [1.29, 1.82) is 0 Å². The number of aromatic hydroxyl groups is 1. The second-order valence-corrected chi connectivity index (χ2v) is 3.71. The second-order valence-electron chi connectivity index (χ2n) is 3.71. The number of pyridine rings is 1. The lowest BCUT2D eigenvalue weighted by Crippen LogP contribution is -2.21. The third kappa shape index (κ3) is 1.58. The summed E-state index contributed by atoms with van der Waals surface area (Å²) in [6.07, 6.45) is 2.30. The SMILES string of the molecule is CCOC(=O)c1c(O)c2c([nH]c1=O)CCC2. The fraction of sp³-hybridized carbons (Fsp3) is 0.455. The zero-order chi connectivity index (χ0) is 11.7. The van der Waals surface area contributed by atoms with Crippen molar-refractivity contribution in [2.24, 2.45) is 0 Å². The molecule has 0 unspecified atom stereocenters. The predicted molar refractivity (Wildman–Crippen MR) is 56.7 cm³/mol. The summed E-state index contributed by atoms with van der Waals surface area (Å²) in [6, 6.07) is 0. The Kier molecular flexibility index (Phi) is 2.68. The molecule has 0 amide bonds. The molecule has 2 rings (SSSR count). The van der Waals surface area contributed by atoms with Crippen LogP contribution in [0.25, 0.3) is 0 Å². The van der Waals surface area contributed by atoms with Gasteiger partial charge in [-0.25, -0.2) is 4.79 Å². The molecule has 0 atom stereocenters. The molecule has 1 aromatic rings. The first-order valence-electron chi connectivity index (χ1n) is 5.29. The lowest BCUT2D eigenvalue weighted by atomic mass is 10.1. The van der Waals surface area contributed by atoms with Crippen molar-refractivity contribution < 1.29 is 14.6 Å². The fourth-order valence-corrected chi connectivity index (χ4v) is 1.99. The summed E-state index contributed by atoms with van der Waals surface area (Å²) in [5.74, 6) is -0.981. The van der Waals surface area contributed by atoms with Gasteiger partial charge in [-0.05, 0) is 26.2 Å². The van der Waals surface area contributed by atoms with Gasteiger partial charge in [0.1, 0.15) is 5.75 Å². The van der Waals surface area contributed by atoms with E-state index in [2.05, 4.69) is 4.98 Å². The fourth-order valence-electron chi connectivity index (χ4n) is 1.99. The molecule has 0 saturated heterocycles. The number of H-pyrrole nitrogens is 1. The van der Waals surface area contributed by atoms with Crippen LogP contribution in [-0.4, -0.2) is 22.7 Å². The van der Waals surface area contributed by atoms with E-state index in [9.17, 15) is 14.7 Å². The molecule has 2 N–H and O–H groups in total. The standard InChI is InChI=1S/C11H13NO4/c1-2-16-11(15)8-9(13)6-4-3-5-7(6)12-10(8)14/h2-5H2,1H3,(H2,12,13,14). The molecule has 0 aliphatic heterocycles. The van der Waals surface area contributed by atoms with Gasteiger partial charge >= 0.3 is 5.97 Å². The molecule has 1 heterocycles. The number of ether oxygens (including phenoxy) is 1. The van der Waals surface area contributed by atoms with Crippen LogP contribution in [0.15, 0.2) is 4.79 Å². The summed E-state index contributed by atoms with van der Waals surface area (Å²) in [7, 11) is 0. The maximum atomic E-state index is 11.6. The molecule has 1 aliphatic rings. The van der Waals surface area contributed by atoms with Crippen molar-refractivity contribution in [1.82, 2.24) is 4.98 Å². The number of fused-ring (bicyclic) bond motifs is 1. The first kappa shape index (κ1) is 10.7. The summed E-state index contributed by atoms with van der Waals surface area (Å²) < 4.78 is 4.73. The lowest BCUT2D eigenvalue weighted by molar-refractivity contribution is 0.0520. The van der Waals surface area contributed by atoms with E-state index in [0.29, 0.717) is 12.0 Å². The number of carbonyl (C=O) groups is 1. The van der Waals surface area contributed by atoms with Crippen molar-refractivity contribution in [2.75, 3.05) is 6.61 Å². The average Bonchev–Trinajstić information content (AvgIpc) is 2.66. The van der Waals surface area contributed by atoms with E-state index in [1.54, 1.807) is 6.92 Å². The maximum absolute atomic E-state index is 11.6. The molecule has 86 valence electrons. The van der Waals surface area contributed by atoms with Gasteiger partial charge in [-0.2, -0.15) is 0 Å². The number of rotatable bonds is 2. The molecular formula is C11H13NO4. The summed E-state index contributed by atoms with van der Waals surface area (Å²) in [5.41, 5.74) is 0.553. The molecule has 5 heteroatoms. The normalized spacial score (nSPS) is 13.6. The molecular weight excluding hydrogens is 210 g/mol. The Balaban J connectivity index is 2.54. The highest BCUT2D eigenvalue weighted by molar-refractivity contribution is 5.92. The van der Waals surface area contributed by atoms with Crippen LogP contribution in [0.1, 0.15) is 35.0 Å². The molecule has 1 aromatic heterocycles. The van der Waals surface area contributed by atoms with Gasteiger partial charge in [0.05, 0.1) is 6.61 Å². The maximum Gasteiger partial charge on any atom is 0.347 e. The van der Waals surface area contributed by atoms with Gasteiger partial charge in [-0.1, -0.05) is 0 Å². The zero-order valence-electron chi connectivity index (χ0n) is 9.00. The van der Waals surface area contributed by atoms with Crippen molar-refractivity contribution in [3.63, 3.8) is 0 Å². The van der Waals surface area contributed by atoms with Crippen molar-refractivity contribution >= 4 is 5.97 Å². The lowest BCUT2D eigenvalue weighted by Gasteiger charge is -2.07. The van der Waals surface area contributed by atoms with Gasteiger partial charge < -0.3 is 14.8 Å². The minimum Gasteiger partial charge on any atom is -0.506 e. The van der Waals surface area contributed by atoms with Crippen LogP contribution in [0.2, 0.25) is 0 Å². The van der Waals surface area contributed by atoms with E-state index in [0.717, 1.165) is 18.5 Å². The van der Waals surface area contributed by atoms with Crippen molar-refractivity contribution in [3.05, 3.63) is 27.2 Å². The van der Waals surface area contributed by atoms with Gasteiger partial charge in [0.15, 0.2) is 5.56 Å². The summed E-state index contributed by atoms with van der Waals surface area (Å²) in [6.45, 7) is 1.82. The highest BCUT2D eigenvalue weighted by Crippen LogP contribution is 2.29. The molecule has 0 radical (unpaired) electrons. The van der Waals surface area contributed by atoms with Crippen LogP contribution in [0, 0.1) is 0 Å². The number of aryl methyl sites for hydroxylation is 1. The molecule has 16 heavy (non-hydrogen) atoms. The van der Waals surface area contributed by atoms with Gasteiger partial charge in [0, 0.05) is 11.3 Å². The van der Waals surface area contributed by atoms with Crippen LogP contribution in [0.5, 0.6) is 5.75 Å². The quantitative estimate of drug-likeness (QED) is 0.725. The van der Waals surface area contributed by atoms with Crippen molar-refractivity contribution in [2.45, 2.75) is 26.2 Å². The first-order chi connectivity index (χ1) is 7.65. The van der Waals surface area contributed by atoms with Crippen LogP contribution < -0.4 is 5.56 Å². The molecule has 0 spiro atoms. The van der Waals surface area contributed by atoms with Crippen LogP contribution >= 0.6 is 0 Å². The Morgan fingerprint density at radius 2 is 2.25 bits per heavy atom. The van der Waals surface area contributed by atoms with Crippen LogP contribution in [-0.2, 0) is 17.6 Å². The number of hydrogen-bond donors (Lipinski definition) is 2. The molecule has 0 saturated carbocycles. The van der Waals surface area contributed by atoms with E-state index < -0.39 is 11.5 Å². The van der Waals surface area contributed by atoms with E-state index in [-0.39, 0.29) is 17.9 Å². The zero-order valence-corrected chi connectivity index (χ0v) is 9.00. The topological polar surface area (TPSA) is 79.4 Å². The number of aromatic amines is 1. The minimum atomic E-state index is -0.768. The Hall–Kier alpha value is -1.78. The number of aromatic nitrogens is 1. The molecule has 5 nitrogen and oxygen atoms in total. The monoisotopic (exact) mass is 223 g/mol. The van der Waals surface area contributed by atoms with Gasteiger partial charge in [-0.3, -0.25) is 4.79 Å². The van der Waals surface area contributed by atoms with E-state index >= 15 is 0 Å². The van der Waals surface area contributed by atoms with Crippen LogP contribution in [0.3, 0.4) is 0 Å². The third-order valence-electron chi connectivity index (χ3n) is 2.71. The van der Waals surface area contributed by atoms with E-state index in [1.165, 1.54) is 0 Å². The van der Waals surface area contributed by atoms with Gasteiger partial charge in [0.2, 0.25) is 0 Å². The second kappa shape index (κ2) is 4.00.